The second-order valence-electron chi connectivity index (χ2n) is 2.79. The Bertz CT molecular complexity index is 346. The first-order chi connectivity index (χ1) is 6.74. The molecule has 1 aromatic carbocycles. The van der Waals surface area contributed by atoms with Gasteiger partial charge in [0.25, 0.3) is 0 Å². The van der Waals surface area contributed by atoms with E-state index in [2.05, 4.69) is 0 Å². The Kier molecular flexibility index (Phi) is 4.09. The maximum absolute atomic E-state index is 8.31. The van der Waals surface area contributed by atoms with Crippen LogP contribution in [-0.4, -0.2) is 6.61 Å². The monoisotopic (exact) mass is 210 g/mol. The molecule has 1 rings (SSSR count). The van der Waals surface area contributed by atoms with Crippen molar-refractivity contribution in [3.8, 4) is 11.8 Å². The molecule has 0 aliphatic carbocycles. The summed E-state index contributed by atoms with van der Waals surface area (Å²) in [6, 6.07) is 7.13. The fourth-order valence-corrected chi connectivity index (χ4v) is 1.16. The number of nitrogen functional groups attached to an aromatic ring is 1. The molecule has 1 aromatic rings. The van der Waals surface area contributed by atoms with Crippen molar-refractivity contribution in [2.24, 2.45) is 0 Å². The summed E-state index contributed by atoms with van der Waals surface area (Å²) < 4.78 is 5.36. The molecule has 0 amide bonds. The molecule has 0 spiro atoms. The van der Waals surface area contributed by atoms with Gasteiger partial charge in [0.2, 0.25) is 0 Å². The SMILES string of the molecule is N#CCCCOc1ccc(Cl)cc1N. The third-order valence-electron chi connectivity index (χ3n) is 1.66. The lowest BCUT2D eigenvalue weighted by Gasteiger charge is -2.07. The lowest BCUT2D eigenvalue weighted by molar-refractivity contribution is 0.314. The lowest BCUT2D eigenvalue weighted by Crippen LogP contribution is -1.99. The van der Waals surface area contributed by atoms with Gasteiger partial charge in [0, 0.05) is 11.4 Å². The van der Waals surface area contributed by atoms with Crippen molar-refractivity contribution in [3.63, 3.8) is 0 Å². The highest BCUT2D eigenvalue weighted by Crippen LogP contribution is 2.24. The molecule has 0 atom stereocenters. The molecular formula is C10H11ClN2O. The molecule has 0 fully saturated rings. The van der Waals surface area contributed by atoms with E-state index in [0.29, 0.717) is 35.9 Å². The summed E-state index contributed by atoms with van der Waals surface area (Å²) >= 11 is 5.72. The van der Waals surface area contributed by atoms with Crippen LogP contribution in [0.1, 0.15) is 12.8 Å². The molecule has 0 aliphatic rings. The Balaban J connectivity index is 2.47. The van der Waals surface area contributed by atoms with Gasteiger partial charge in [-0.05, 0) is 24.6 Å². The van der Waals surface area contributed by atoms with E-state index >= 15 is 0 Å². The van der Waals surface area contributed by atoms with Crippen molar-refractivity contribution in [1.82, 2.24) is 0 Å². The van der Waals surface area contributed by atoms with Gasteiger partial charge in [0.1, 0.15) is 5.75 Å². The predicted molar refractivity (Wildman–Crippen MR) is 56.2 cm³/mol. The smallest absolute Gasteiger partial charge is 0.142 e. The minimum atomic E-state index is 0.494. The Morgan fingerprint density at radius 3 is 2.93 bits per heavy atom. The van der Waals surface area contributed by atoms with Crippen LogP contribution in [-0.2, 0) is 0 Å². The summed E-state index contributed by atoms with van der Waals surface area (Å²) in [4.78, 5) is 0. The number of nitrogens with zero attached hydrogens (tertiary/aromatic N) is 1. The van der Waals surface area contributed by atoms with Crippen molar-refractivity contribution < 1.29 is 4.74 Å². The normalized spacial score (nSPS) is 9.43. The van der Waals surface area contributed by atoms with Gasteiger partial charge in [0.15, 0.2) is 0 Å². The lowest BCUT2D eigenvalue weighted by atomic mass is 10.3. The number of anilines is 1. The van der Waals surface area contributed by atoms with E-state index in [-0.39, 0.29) is 0 Å². The standard InChI is InChI=1S/C10H11ClN2O/c11-8-3-4-10(9(13)7-8)14-6-2-1-5-12/h3-4,7H,1-2,6,13H2. The summed E-state index contributed by atoms with van der Waals surface area (Å²) in [7, 11) is 0. The largest absolute Gasteiger partial charge is 0.491 e. The highest BCUT2D eigenvalue weighted by molar-refractivity contribution is 6.30. The Morgan fingerprint density at radius 2 is 2.29 bits per heavy atom. The molecule has 4 heteroatoms. The van der Waals surface area contributed by atoms with Gasteiger partial charge in [0.05, 0.1) is 18.4 Å². The van der Waals surface area contributed by atoms with Crippen molar-refractivity contribution >= 4 is 17.3 Å². The highest BCUT2D eigenvalue weighted by Gasteiger charge is 2.00. The Morgan fingerprint density at radius 1 is 1.50 bits per heavy atom. The van der Waals surface area contributed by atoms with Crippen LogP contribution in [0.4, 0.5) is 5.69 Å². The Labute approximate surface area is 88.0 Å². The van der Waals surface area contributed by atoms with E-state index in [1.165, 1.54) is 0 Å². The van der Waals surface area contributed by atoms with Gasteiger partial charge in [-0.25, -0.2) is 0 Å². The van der Waals surface area contributed by atoms with Crippen molar-refractivity contribution in [2.45, 2.75) is 12.8 Å². The maximum atomic E-state index is 8.31. The molecule has 0 unspecified atom stereocenters. The molecule has 2 N–H and O–H groups in total. The van der Waals surface area contributed by atoms with E-state index in [9.17, 15) is 0 Å². The van der Waals surface area contributed by atoms with Gasteiger partial charge in [-0.3, -0.25) is 0 Å². The van der Waals surface area contributed by atoms with Gasteiger partial charge >= 0.3 is 0 Å². The Hall–Kier alpha value is -1.40. The summed E-state index contributed by atoms with van der Waals surface area (Å²) in [5, 5.41) is 8.90. The number of nitriles is 1. The van der Waals surface area contributed by atoms with Crippen LogP contribution in [0.15, 0.2) is 18.2 Å². The van der Waals surface area contributed by atoms with Crippen LogP contribution in [0.2, 0.25) is 5.02 Å². The topological polar surface area (TPSA) is 59.0 Å². The quantitative estimate of drug-likeness (QED) is 0.614. The highest BCUT2D eigenvalue weighted by atomic mass is 35.5. The first-order valence-corrected chi connectivity index (χ1v) is 4.66. The van der Waals surface area contributed by atoms with E-state index < -0.39 is 0 Å². The molecule has 3 nitrogen and oxygen atoms in total. The second kappa shape index (κ2) is 5.36. The molecule has 14 heavy (non-hydrogen) atoms. The van der Waals surface area contributed by atoms with Crippen molar-refractivity contribution in [1.29, 1.82) is 5.26 Å². The zero-order chi connectivity index (χ0) is 10.4. The first kappa shape index (κ1) is 10.7. The number of hydrogen-bond donors (Lipinski definition) is 1. The minimum Gasteiger partial charge on any atom is -0.491 e. The second-order valence-corrected chi connectivity index (χ2v) is 3.23. The van der Waals surface area contributed by atoms with E-state index in [1.54, 1.807) is 18.2 Å². The van der Waals surface area contributed by atoms with Gasteiger partial charge < -0.3 is 10.5 Å². The zero-order valence-corrected chi connectivity index (χ0v) is 8.42. The van der Waals surface area contributed by atoms with Gasteiger partial charge in [-0.1, -0.05) is 11.6 Å². The molecule has 0 aromatic heterocycles. The molecule has 0 bridgehead atoms. The predicted octanol–water partition coefficient (Wildman–Crippen LogP) is 2.60. The van der Waals surface area contributed by atoms with Crippen LogP contribution in [0, 0.1) is 11.3 Å². The molecule has 0 radical (unpaired) electrons. The number of halogens is 1. The summed E-state index contributed by atoms with van der Waals surface area (Å²) in [5.41, 5.74) is 6.18. The van der Waals surface area contributed by atoms with E-state index in [4.69, 9.17) is 27.3 Å². The van der Waals surface area contributed by atoms with E-state index in [0.717, 1.165) is 0 Å². The molecule has 0 heterocycles. The van der Waals surface area contributed by atoms with Crippen LogP contribution in [0.25, 0.3) is 0 Å². The molecular weight excluding hydrogens is 200 g/mol. The number of benzene rings is 1. The van der Waals surface area contributed by atoms with Crippen LogP contribution in [0.3, 0.4) is 0 Å². The van der Waals surface area contributed by atoms with E-state index in [1.807, 2.05) is 6.07 Å². The summed E-state index contributed by atoms with van der Waals surface area (Å²) in [6.07, 6.45) is 1.20. The summed E-state index contributed by atoms with van der Waals surface area (Å²) in [5.74, 6) is 0.618. The molecule has 0 aliphatic heterocycles. The number of rotatable bonds is 4. The number of ether oxygens (including phenoxy) is 1. The fourth-order valence-electron chi connectivity index (χ4n) is 0.984. The number of nitrogens with two attached hydrogens (primary N) is 1. The zero-order valence-electron chi connectivity index (χ0n) is 7.66. The fraction of sp³-hybridized carbons (Fsp3) is 0.300. The third-order valence-corrected chi connectivity index (χ3v) is 1.90. The number of unbranched alkanes of at least 4 members (excludes halogenated alkanes) is 1. The van der Waals surface area contributed by atoms with Crippen molar-refractivity contribution in [2.75, 3.05) is 12.3 Å². The average Bonchev–Trinajstić information content (AvgIpc) is 2.15. The van der Waals surface area contributed by atoms with Crippen molar-refractivity contribution in [3.05, 3.63) is 23.2 Å². The molecule has 0 saturated heterocycles. The molecule has 0 saturated carbocycles. The molecule has 74 valence electrons. The maximum Gasteiger partial charge on any atom is 0.142 e. The van der Waals surface area contributed by atoms with Crippen LogP contribution < -0.4 is 10.5 Å². The van der Waals surface area contributed by atoms with Gasteiger partial charge in [-0.15, -0.1) is 0 Å². The number of hydrogen-bond acceptors (Lipinski definition) is 3. The first-order valence-electron chi connectivity index (χ1n) is 4.29. The summed E-state index contributed by atoms with van der Waals surface area (Å²) in [6.45, 7) is 0.499. The minimum absolute atomic E-state index is 0.494. The van der Waals surface area contributed by atoms with Gasteiger partial charge in [-0.2, -0.15) is 5.26 Å². The van der Waals surface area contributed by atoms with Crippen LogP contribution >= 0.6 is 11.6 Å². The van der Waals surface area contributed by atoms with Crippen LogP contribution in [0.5, 0.6) is 5.75 Å². The third kappa shape index (κ3) is 3.15. The average molecular weight is 211 g/mol.